The number of ether oxygens (including phenoxy) is 1. The number of aromatic nitrogens is 3. The molecule has 10 heteroatoms. The molecule has 2 heterocycles. The summed E-state index contributed by atoms with van der Waals surface area (Å²) in [7, 11) is 1.63. The lowest BCUT2D eigenvalue weighted by atomic mass is 9.97. The monoisotopic (exact) mass is 494 g/mol. The largest absolute Gasteiger partial charge is 0.497 e. The highest BCUT2D eigenvalue weighted by Crippen LogP contribution is 2.24. The molecule has 1 fully saturated rings. The smallest absolute Gasteiger partial charge is 0.234 e. The third-order valence-corrected chi connectivity index (χ3v) is 6.94. The molecular weight excluding hydrogens is 464 g/mol. The zero-order valence-electron chi connectivity index (χ0n) is 19.9. The summed E-state index contributed by atoms with van der Waals surface area (Å²) in [4.78, 5) is 26.3. The van der Waals surface area contributed by atoms with Crippen molar-refractivity contribution >= 4 is 29.3 Å². The molecule has 1 aliphatic rings. The standard InChI is InChI=1S/C25H30N6O3S/c1-17-28-29-25(31(17)21-9-11-22(34-2)12-10-21)35-16-23(32)27-20-7-5-18(6-8-20)14-30-13-3-4-19(15-30)24(26)33/h5-12,19H,3-4,13-16H2,1-2H3,(H2,26,33)(H,27,32). The maximum absolute atomic E-state index is 12.6. The molecule has 9 nitrogen and oxygen atoms in total. The number of likely N-dealkylation sites (tertiary alicyclic amines) is 1. The van der Waals surface area contributed by atoms with Crippen LogP contribution in [0.4, 0.5) is 5.69 Å². The van der Waals surface area contributed by atoms with Crippen molar-refractivity contribution in [3.63, 3.8) is 0 Å². The van der Waals surface area contributed by atoms with Crippen molar-refractivity contribution in [1.82, 2.24) is 19.7 Å². The SMILES string of the molecule is COc1ccc(-n2c(C)nnc2SCC(=O)Nc2ccc(CN3CCCC(C(N)=O)C3)cc2)cc1. The number of nitrogens with one attached hydrogen (secondary N) is 1. The van der Waals surface area contributed by atoms with Gasteiger partial charge in [0, 0.05) is 24.5 Å². The van der Waals surface area contributed by atoms with Gasteiger partial charge in [-0.1, -0.05) is 23.9 Å². The second kappa shape index (κ2) is 11.4. The predicted octanol–water partition coefficient (Wildman–Crippen LogP) is 3.01. The first-order chi connectivity index (χ1) is 16.9. The van der Waals surface area contributed by atoms with Gasteiger partial charge in [-0.05, 0) is 68.3 Å². The fourth-order valence-electron chi connectivity index (χ4n) is 4.18. The summed E-state index contributed by atoms with van der Waals surface area (Å²) in [6.45, 7) is 4.29. The molecule has 3 aromatic rings. The number of nitrogens with two attached hydrogens (primary N) is 1. The third-order valence-electron chi connectivity index (χ3n) is 6.01. The van der Waals surface area contributed by atoms with Crippen molar-refractivity contribution in [3.05, 3.63) is 59.9 Å². The molecule has 2 aromatic carbocycles. The number of anilines is 1. The summed E-state index contributed by atoms with van der Waals surface area (Å²) in [6, 6.07) is 15.4. The summed E-state index contributed by atoms with van der Waals surface area (Å²) in [5, 5.41) is 12.0. The predicted molar refractivity (Wildman–Crippen MR) is 136 cm³/mol. The topological polar surface area (TPSA) is 115 Å². The van der Waals surface area contributed by atoms with E-state index in [4.69, 9.17) is 10.5 Å². The van der Waals surface area contributed by atoms with E-state index in [1.54, 1.807) is 7.11 Å². The third kappa shape index (κ3) is 6.40. The average Bonchev–Trinajstić information content (AvgIpc) is 3.24. The second-order valence-corrected chi connectivity index (χ2v) is 9.52. The summed E-state index contributed by atoms with van der Waals surface area (Å²) in [5.41, 5.74) is 8.25. The molecule has 1 aliphatic heterocycles. The van der Waals surface area contributed by atoms with Gasteiger partial charge in [-0.25, -0.2) is 0 Å². The normalized spacial score (nSPS) is 16.1. The van der Waals surface area contributed by atoms with Gasteiger partial charge < -0.3 is 15.8 Å². The molecule has 2 amide bonds. The minimum absolute atomic E-state index is 0.0703. The van der Waals surface area contributed by atoms with Crippen molar-refractivity contribution in [2.45, 2.75) is 31.5 Å². The molecule has 0 radical (unpaired) electrons. The van der Waals surface area contributed by atoms with Crippen LogP contribution in [0.1, 0.15) is 24.2 Å². The number of amides is 2. The number of aryl methyl sites for hydroxylation is 1. The highest BCUT2D eigenvalue weighted by atomic mass is 32.2. The Bertz CT molecular complexity index is 1160. The van der Waals surface area contributed by atoms with E-state index in [2.05, 4.69) is 20.4 Å². The number of rotatable bonds is 9. The van der Waals surface area contributed by atoms with E-state index in [1.807, 2.05) is 60.0 Å². The summed E-state index contributed by atoms with van der Waals surface area (Å²) in [5.74, 6) is 1.31. The van der Waals surface area contributed by atoms with E-state index < -0.39 is 0 Å². The minimum atomic E-state index is -0.219. The van der Waals surface area contributed by atoms with E-state index in [0.29, 0.717) is 11.7 Å². The van der Waals surface area contributed by atoms with Gasteiger partial charge in [-0.15, -0.1) is 10.2 Å². The molecule has 0 saturated carbocycles. The van der Waals surface area contributed by atoms with Crippen LogP contribution in [-0.2, 0) is 16.1 Å². The van der Waals surface area contributed by atoms with E-state index in [-0.39, 0.29) is 23.5 Å². The van der Waals surface area contributed by atoms with Crippen LogP contribution in [0.15, 0.2) is 53.7 Å². The number of primary amides is 1. The van der Waals surface area contributed by atoms with E-state index in [0.717, 1.165) is 54.4 Å². The van der Waals surface area contributed by atoms with Gasteiger partial charge in [-0.2, -0.15) is 0 Å². The molecule has 184 valence electrons. The Labute approximate surface area is 209 Å². The highest BCUT2D eigenvalue weighted by Gasteiger charge is 2.23. The van der Waals surface area contributed by atoms with Crippen LogP contribution in [0.2, 0.25) is 0 Å². The molecule has 0 bridgehead atoms. The number of benzene rings is 2. The van der Waals surface area contributed by atoms with Gasteiger partial charge in [0.25, 0.3) is 0 Å². The van der Waals surface area contributed by atoms with Gasteiger partial charge in [0.2, 0.25) is 11.8 Å². The van der Waals surface area contributed by atoms with Crippen LogP contribution in [0.5, 0.6) is 5.75 Å². The molecule has 0 aliphatic carbocycles. The van der Waals surface area contributed by atoms with Gasteiger partial charge in [0.1, 0.15) is 11.6 Å². The first-order valence-electron chi connectivity index (χ1n) is 11.5. The molecule has 1 unspecified atom stereocenters. The molecule has 35 heavy (non-hydrogen) atoms. The fraction of sp³-hybridized carbons (Fsp3) is 0.360. The van der Waals surface area contributed by atoms with E-state index in [9.17, 15) is 9.59 Å². The van der Waals surface area contributed by atoms with Gasteiger partial charge in [-0.3, -0.25) is 19.1 Å². The first kappa shape index (κ1) is 24.7. The zero-order chi connectivity index (χ0) is 24.8. The highest BCUT2D eigenvalue weighted by molar-refractivity contribution is 7.99. The van der Waals surface area contributed by atoms with Crippen molar-refractivity contribution in [2.24, 2.45) is 11.7 Å². The number of nitrogens with zero attached hydrogens (tertiary/aromatic N) is 4. The minimum Gasteiger partial charge on any atom is -0.497 e. The number of thioether (sulfide) groups is 1. The Balaban J connectivity index is 1.30. The Kier molecular flexibility index (Phi) is 8.04. The molecule has 1 aromatic heterocycles. The Morgan fingerprint density at radius 2 is 1.89 bits per heavy atom. The van der Waals surface area contributed by atoms with Crippen molar-refractivity contribution in [3.8, 4) is 11.4 Å². The Hall–Kier alpha value is -3.37. The quantitative estimate of drug-likeness (QED) is 0.439. The summed E-state index contributed by atoms with van der Waals surface area (Å²) < 4.78 is 7.14. The second-order valence-electron chi connectivity index (χ2n) is 8.57. The van der Waals surface area contributed by atoms with Crippen LogP contribution in [-0.4, -0.2) is 57.4 Å². The average molecular weight is 495 g/mol. The number of hydrogen-bond donors (Lipinski definition) is 2. The van der Waals surface area contributed by atoms with E-state index in [1.165, 1.54) is 11.8 Å². The van der Waals surface area contributed by atoms with Crippen molar-refractivity contribution < 1.29 is 14.3 Å². The van der Waals surface area contributed by atoms with Crippen LogP contribution in [0.3, 0.4) is 0 Å². The van der Waals surface area contributed by atoms with Crippen LogP contribution >= 0.6 is 11.8 Å². The van der Waals surface area contributed by atoms with Crippen LogP contribution in [0.25, 0.3) is 5.69 Å². The summed E-state index contributed by atoms with van der Waals surface area (Å²) >= 11 is 1.33. The van der Waals surface area contributed by atoms with Crippen LogP contribution in [0, 0.1) is 12.8 Å². The maximum Gasteiger partial charge on any atom is 0.234 e. The number of piperidine rings is 1. The fourth-order valence-corrected chi connectivity index (χ4v) is 4.97. The van der Waals surface area contributed by atoms with Gasteiger partial charge in [0.15, 0.2) is 5.16 Å². The number of hydrogen-bond acceptors (Lipinski definition) is 7. The molecule has 4 rings (SSSR count). The molecule has 1 atom stereocenters. The molecule has 1 saturated heterocycles. The molecular formula is C25H30N6O3S. The van der Waals surface area contributed by atoms with Crippen molar-refractivity contribution in [1.29, 1.82) is 0 Å². The lowest BCUT2D eigenvalue weighted by Crippen LogP contribution is -2.40. The lowest BCUT2D eigenvalue weighted by Gasteiger charge is -2.31. The summed E-state index contributed by atoms with van der Waals surface area (Å²) in [6.07, 6.45) is 1.84. The van der Waals surface area contributed by atoms with Crippen molar-refractivity contribution in [2.75, 3.05) is 31.3 Å². The molecule has 0 spiro atoms. The maximum atomic E-state index is 12.6. The van der Waals surface area contributed by atoms with Crippen LogP contribution < -0.4 is 15.8 Å². The number of methoxy groups -OCH3 is 1. The van der Waals surface area contributed by atoms with E-state index >= 15 is 0 Å². The Morgan fingerprint density at radius 1 is 1.14 bits per heavy atom. The zero-order valence-corrected chi connectivity index (χ0v) is 20.8. The first-order valence-corrected chi connectivity index (χ1v) is 12.5. The number of carbonyl (C=O) groups excluding carboxylic acids is 2. The number of carbonyl (C=O) groups is 2. The van der Waals surface area contributed by atoms with Gasteiger partial charge in [0.05, 0.1) is 18.8 Å². The van der Waals surface area contributed by atoms with Gasteiger partial charge >= 0.3 is 0 Å². The Morgan fingerprint density at radius 3 is 2.57 bits per heavy atom. The molecule has 3 N–H and O–H groups in total. The lowest BCUT2D eigenvalue weighted by molar-refractivity contribution is -0.123.